The molecule has 0 unspecified atom stereocenters. The van der Waals surface area contributed by atoms with E-state index in [1.807, 2.05) is 42.7 Å². The number of pyridine rings is 1. The first-order chi connectivity index (χ1) is 12.8. The Hall–Kier alpha value is -3.15. The van der Waals surface area contributed by atoms with Crippen molar-refractivity contribution in [2.45, 2.75) is 31.8 Å². The fourth-order valence-electron chi connectivity index (χ4n) is 2.87. The summed E-state index contributed by atoms with van der Waals surface area (Å²) in [7, 11) is 0. The van der Waals surface area contributed by atoms with Crippen molar-refractivity contribution >= 4 is 6.03 Å². The van der Waals surface area contributed by atoms with Crippen LogP contribution >= 0.6 is 0 Å². The monoisotopic (exact) mass is 347 g/mol. The molecular formula is C20H21N5O. The third-order valence-electron chi connectivity index (χ3n) is 4.48. The van der Waals surface area contributed by atoms with Crippen LogP contribution in [-0.4, -0.2) is 20.8 Å². The van der Waals surface area contributed by atoms with Gasteiger partial charge in [-0.15, -0.1) is 0 Å². The van der Waals surface area contributed by atoms with Gasteiger partial charge in [0, 0.05) is 25.1 Å². The molecule has 0 radical (unpaired) electrons. The van der Waals surface area contributed by atoms with E-state index >= 15 is 0 Å². The average Bonchev–Trinajstić information content (AvgIpc) is 3.40. The van der Waals surface area contributed by atoms with E-state index < -0.39 is 0 Å². The van der Waals surface area contributed by atoms with Gasteiger partial charge in [-0.1, -0.05) is 12.1 Å². The topological polar surface area (TPSA) is 71.8 Å². The first-order valence-electron chi connectivity index (χ1n) is 8.83. The summed E-state index contributed by atoms with van der Waals surface area (Å²) in [5.74, 6) is 0.690. The Morgan fingerprint density at radius 2 is 1.88 bits per heavy atom. The van der Waals surface area contributed by atoms with Gasteiger partial charge < -0.3 is 10.6 Å². The van der Waals surface area contributed by atoms with Gasteiger partial charge in [-0.05, 0) is 60.2 Å². The molecule has 1 fully saturated rings. The molecule has 6 heteroatoms. The van der Waals surface area contributed by atoms with E-state index in [-0.39, 0.29) is 6.03 Å². The van der Waals surface area contributed by atoms with Crippen molar-refractivity contribution in [1.29, 1.82) is 0 Å². The Kier molecular flexibility index (Phi) is 4.64. The van der Waals surface area contributed by atoms with Gasteiger partial charge in [0.25, 0.3) is 0 Å². The second-order valence-electron chi connectivity index (χ2n) is 6.51. The van der Waals surface area contributed by atoms with E-state index in [0.717, 1.165) is 16.9 Å². The van der Waals surface area contributed by atoms with Crippen LogP contribution in [0.25, 0.3) is 5.69 Å². The molecule has 0 bridgehead atoms. The highest BCUT2D eigenvalue weighted by molar-refractivity contribution is 5.73. The Labute approximate surface area is 152 Å². The predicted octanol–water partition coefficient (Wildman–Crippen LogP) is 3.14. The number of hydrogen-bond acceptors (Lipinski definition) is 3. The molecule has 0 saturated heterocycles. The minimum absolute atomic E-state index is 0.195. The lowest BCUT2D eigenvalue weighted by Gasteiger charge is -2.09. The Morgan fingerprint density at radius 1 is 1.08 bits per heavy atom. The quantitative estimate of drug-likeness (QED) is 0.719. The number of nitrogens with one attached hydrogen (secondary N) is 2. The Bertz CT molecular complexity index is 869. The van der Waals surface area contributed by atoms with Crippen LogP contribution in [-0.2, 0) is 13.1 Å². The van der Waals surface area contributed by atoms with Gasteiger partial charge in [0.15, 0.2) is 0 Å². The van der Waals surface area contributed by atoms with Crippen LogP contribution in [0.5, 0.6) is 0 Å². The molecule has 26 heavy (non-hydrogen) atoms. The summed E-state index contributed by atoms with van der Waals surface area (Å²) in [6.45, 7) is 0.908. The predicted molar refractivity (Wildman–Crippen MR) is 98.9 cm³/mol. The summed E-state index contributed by atoms with van der Waals surface area (Å²) < 4.78 is 1.80. The molecule has 6 nitrogen and oxygen atoms in total. The molecule has 2 amide bonds. The number of amides is 2. The van der Waals surface area contributed by atoms with Gasteiger partial charge >= 0.3 is 6.03 Å². The van der Waals surface area contributed by atoms with E-state index in [1.165, 1.54) is 18.4 Å². The van der Waals surface area contributed by atoms with E-state index in [4.69, 9.17) is 0 Å². The van der Waals surface area contributed by atoms with E-state index in [9.17, 15) is 4.79 Å². The van der Waals surface area contributed by atoms with Crippen molar-refractivity contribution in [2.24, 2.45) is 0 Å². The van der Waals surface area contributed by atoms with Crippen LogP contribution in [0.15, 0.2) is 61.1 Å². The maximum atomic E-state index is 12.0. The first-order valence-corrected chi connectivity index (χ1v) is 8.83. The van der Waals surface area contributed by atoms with Gasteiger partial charge in [-0.2, -0.15) is 5.10 Å². The fraction of sp³-hybridized carbons (Fsp3) is 0.250. The molecule has 0 atom stereocenters. The molecule has 1 aromatic carbocycles. The number of carbonyl (C=O) groups excluding carboxylic acids is 1. The standard InChI is InChI=1S/C20H21N5O/c26-20(23-14-18-12-17(8-10-21-18)16-4-5-16)22-13-15-2-6-19(7-3-15)25-11-1-9-24-25/h1-3,6-12,16H,4-5,13-14H2,(H2,22,23,26). The summed E-state index contributed by atoms with van der Waals surface area (Å²) >= 11 is 0. The Morgan fingerprint density at radius 3 is 2.62 bits per heavy atom. The molecule has 4 rings (SSSR count). The molecule has 2 aromatic heterocycles. The van der Waals surface area contributed by atoms with Crippen molar-refractivity contribution in [3.8, 4) is 5.69 Å². The summed E-state index contributed by atoms with van der Waals surface area (Å²) in [5, 5.41) is 9.93. The number of urea groups is 1. The van der Waals surface area contributed by atoms with Crippen LogP contribution < -0.4 is 10.6 Å². The zero-order valence-electron chi connectivity index (χ0n) is 14.4. The molecule has 1 saturated carbocycles. The second-order valence-corrected chi connectivity index (χ2v) is 6.51. The van der Waals surface area contributed by atoms with Crippen LogP contribution in [0.3, 0.4) is 0 Å². The van der Waals surface area contributed by atoms with Crippen LogP contribution in [0, 0.1) is 0 Å². The number of benzene rings is 1. The van der Waals surface area contributed by atoms with Crippen molar-refractivity contribution in [3.05, 3.63) is 77.9 Å². The third-order valence-corrected chi connectivity index (χ3v) is 4.48. The Balaban J connectivity index is 1.25. The molecular weight excluding hydrogens is 326 g/mol. The van der Waals surface area contributed by atoms with Crippen molar-refractivity contribution in [1.82, 2.24) is 25.4 Å². The molecule has 0 aliphatic heterocycles. The number of hydrogen-bond donors (Lipinski definition) is 2. The lowest BCUT2D eigenvalue weighted by atomic mass is 10.1. The summed E-state index contributed by atoms with van der Waals surface area (Å²) in [6, 6.07) is 13.8. The van der Waals surface area contributed by atoms with Gasteiger partial charge in [0.05, 0.1) is 17.9 Å². The molecule has 2 heterocycles. The maximum absolute atomic E-state index is 12.0. The van der Waals surface area contributed by atoms with Crippen LogP contribution in [0.4, 0.5) is 4.79 Å². The van der Waals surface area contributed by atoms with Crippen LogP contribution in [0.1, 0.15) is 35.6 Å². The van der Waals surface area contributed by atoms with Crippen molar-refractivity contribution < 1.29 is 4.79 Å². The van der Waals surface area contributed by atoms with Gasteiger partial charge in [-0.3, -0.25) is 4.98 Å². The molecule has 3 aromatic rings. The fourth-order valence-corrected chi connectivity index (χ4v) is 2.87. The lowest BCUT2D eigenvalue weighted by molar-refractivity contribution is 0.240. The molecule has 1 aliphatic carbocycles. The number of rotatable bonds is 6. The molecule has 0 spiro atoms. The normalized spacial score (nSPS) is 13.4. The zero-order valence-corrected chi connectivity index (χ0v) is 14.4. The van der Waals surface area contributed by atoms with Gasteiger partial charge in [-0.25, -0.2) is 9.48 Å². The molecule has 132 valence electrons. The number of carbonyl (C=O) groups is 1. The molecule has 1 aliphatic rings. The number of nitrogens with zero attached hydrogens (tertiary/aromatic N) is 3. The van der Waals surface area contributed by atoms with E-state index in [0.29, 0.717) is 19.0 Å². The van der Waals surface area contributed by atoms with E-state index in [1.54, 1.807) is 10.9 Å². The zero-order chi connectivity index (χ0) is 17.8. The third kappa shape index (κ3) is 4.08. The summed E-state index contributed by atoms with van der Waals surface area (Å²) in [6.07, 6.45) is 7.98. The minimum atomic E-state index is -0.195. The largest absolute Gasteiger partial charge is 0.334 e. The highest BCUT2D eigenvalue weighted by atomic mass is 16.2. The number of aromatic nitrogens is 3. The SMILES string of the molecule is O=C(NCc1ccc(-n2cccn2)cc1)NCc1cc(C2CC2)ccn1. The minimum Gasteiger partial charge on any atom is -0.334 e. The highest BCUT2D eigenvalue weighted by Crippen LogP contribution is 2.39. The van der Waals surface area contributed by atoms with Crippen LogP contribution in [0.2, 0.25) is 0 Å². The maximum Gasteiger partial charge on any atom is 0.315 e. The van der Waals surface area contributed by atoms with E-state index in [2.05, 4.69) is 32.8 Å². The van der Waals surface area contributed by atoms with Gasteiger partial charge in [0.2, 0.25) is 0 Å². The lowest BCUT2D eigenvalue weighted by Crippen LogP contribution is -2.34. The van der Waals surface area contributed by atoms with Crippen molar-refractivity contribution in [2.75, 3.05) is 0 Å². The first kappa shape index (κ1) is 16.3. The van der Waals surface area contributed by atoms with Gasteiger partial charge in [0.1, 0.15) is 0 Å². The summed E-state index contributed by atoms with van der Waals surface area (Å²) in [4.78, 5) is 16.3. The average molecular weight is 347 g/mol. The van der Waals surface area contributed by atoms with Crippen molar-refractivity contribution in [3.63, 3.8) is 0 Å². The smallest absolute Gasteiger partial charge is 0.315 e. The molecule has 2 N–H and O–H groups in total. The summed E-state index contributed by atoms with van der Waals surface area (Å²) in [5.41, 5.74) is 4.25. The highest BCUT2D eigenvalue weighted by Gasteiger charge is 2.23. The second kappa shape index (κ2) is 7.39.